The van der Waals surface area contributed by atoms with Gasteiger partial charge in [0.25, 0.3) is 0 Å². The number of methoxy groups -OCH3 is 4. The van der Waals surface area contributed by atoms with E-state index in [4.69, 9.17) is 48.4 Å². The quantitative estimate of drug-likeness (QED) is 0.0516. The highest BCUT2D eigenvalue weighted by Gasteiger charge is 2.62. The highest BCUT2D eigenvalue weighted by molar-refractivity contribution is 5.95. The van der Waals surface area contributed by atoms with Gasteiger partial charge in [0.15, 0.2) is 0 Å². The smallest absolute Gasteiger partial charge is 0.411 e. The molecule has 8 atom stereocenters. The lowest BCUT2D eigenvalue weighted by Crippen LogP contribution is -2.53. The van der Waals surface area contributed by atoms with Crippen molar-refractivity contribution in [1.82, 2.24) is 25.1 Å². The molecule has 4 N–H and O–H groups in total. The van der Waals surface area contributed by atoms with Crippen LogP contribution in [-0.2, 0) is 38.1 Å². The van der Waals surface area contributed by atoms with Crippen LogP contribution in [0, 0.1) is 25.7 Å². The van der Waals surface area contributed by atoms with E-state index in [2.05, 4.69) is 33.2 Å². The number of nitrogens with one attached hydrogen (secondary N) is 1. The number of nitrogens with two attached hydrogens (primary N) is 1. The lowest BCUT2D eigenvalue weighted by Gasteiger charge is -2.28. The van der Waals surface area contributed by atoms with E-state index < -0.39 is 76.6 Å². The van der Waals surface area contributed by atoms with Crippen molar-refractivity contribution in [3.8, 4) is 34.8 Å². The first-order valence-corrected chi connectivity index (χ1v) is 27.4. The number of pyridine rings is 2. The number of aromatic nitrogens is 2. The second-order valence-electron chi connectivity index (χ2n) is 22.5. The van der Waals surface area contributed by atoms with E-state index >= 15 is 0 Å². The van der Waals surface area contributed by atoms with Crippen LogP contribution in [0.5, 0.6) is 34.8 Å². The molecule has 2 aliphatic heterocycles. The highest BCUT2D eigenvalue weighted by atomic mass is 16.6. The topological polar surface area (TPSA) is 285 Å². The van der Waals surface area contributed by atoms with E-state index in [0.717, 1.165) is 21.9 Å². The summed E-state index contributed by atoms with van der Waals surface area (Å²) in [5, 5.41) is 14.0. The summed E-state index contributed by atoms with van der Waals surface area (Å²) in [5.74, 6) is 0.508. The van der Waals surface area contributed by atoms with Gasteiger partial charge in [0.2, 0.25) is 17.7 Å². The van der Waals surface area contributed by atoms with Gasteiger partial charge in [-0.1, -0.05) is 12.2 Å². The van der Waals surface area contributed by atoms with Crippen LogP contribution in [0.4, 0.5) is 9.59 Å². The summed E-state index contributed by atoms with van der Waals surface area (Å²) < 4.78 is 55.3. The van der Waals surface area contributed by atoms with Gasteiger partial charge >= 0.3 is 30.1 Å². The Morgan fingerprint density at radius 2 is 1.11 bits per heavy atom. The van der Waals surface area contributed by atoms with E-state index in [0.29, 0.717) is 71.8 Å². The molecule has 2 saturated carbocycles. The van der Waals surface area contributed by atoms with Crippen LogP contribution in [0.1, 0.15) is 92.2 Å². The summed E-state index contributed by atoms with van der Waals surface area (Å²) >= 11 is 0. The van der Waals surface area contributed by atoms with Crippen molar-refractivity contribution in [1.29, 1.82) is 0 Å². The number of ether oxygens (including phenoxy) is 10. The van der Waals surface area contributed by atoms with Gasteiger partial charge in [-0.25, -0.2) is 29.1 Å². The maximum absolute atomic E-state index is 13.6. The molecule has 0 radical (unpaired) electrons. The Kier molecular flexibility index (Phi) is 20.1. The predicted molar refractivity (Wildman–Crippen MR) is 306 cm³/mol. The number of carboxylic acids is 1. The lowest BCUT2D eigenvalue weighted by atomic mass is 10.1. The summed E-state index contributed by atoms with van der Waals surface area (Å²) in [6.07, 6.45) is 2.23. The van der Waals surface area contributed by atoms with Crippen molar-refractivity contribution in [2.75, 3.05) is 54.7 Å². The van der Waals surface area contributed by atoms with Gasteiger partial charge < -0.3 is 63.5 Å². The first-order valence-electron chi connectivity index (χ1n) is 27.4. The number of nitrogens with zero attached hydrogens (tertiary/aromatic N) is 4. The minimum atomic E-state index is -1.20. The minimum Gasteiger partial charge on any atom is -0.496 e. The normalized spacial score (nSPS) is 23.2. The monoisotopic (exact) mass is 1160 g/mol. The number of benzene rings is 2. The number of hydrogen-bond donors (Lipinski definition) is 3. The maximum Gasteiger partial charge on any atom is 0.411 e. The van der Waals surface area contributed by atoms with Gasteiger partial charge in [-0.2, -0.15) is 0 Å². The molecule has 4 aromatic rings. The predicted octanol–water partition coefficient (Wildman–Crippen LogP) is 7.80. The van der Waals surface area contributed by atoms with Crippen LogP contribution < -0.4 is 39.5 Å². The number of rotatable bonds is 17. The molecular formula is C60H80N6O17. The zero-order valence-corrected chi connectivity index (χ0v) is 50.0. The molecule has 3 amide bonds. The summed E-state index contributed by atoms with van der Waals surface area (Å²) in [5.41, 5.74) is 5.13. The molecule has 83 heavy (non-hydrogen) atoms. The molecule has 4 heterocycles. The minimum absolute atomic E-state index is 0.0893. The lowest BCUT2D eigenvalue weighted by molar-refractivity contribution is -0.147. The van der Waals surface area contributed by atoms with Gasteiger partial charge in [-0.3, -0.25) is 19.4 Å². The number of aliphatic carboxylic acids is 1. The molecule has 0 spiro atoms. The van der Waals surface area contributed by atoms with Crippen LogP contribution in [0.3, 0.4) is 0 Å². The van der Waals surface area contributed by atoms with Gasteiger partial charge in [0, 0.05) is 58.7 Å². The Morgan fingerprint density at radius 1 is 0.675 bits per heavy atom. The number of carboxylic acid groups (broad SMARTS) is 1. The number of aryl methyl sites for hydroxylation is 2. The summed E-state index contributed by atoms with van der Waals surface area (Å²) in [7, 11) is 5.80. The van der Waals surface area contributed by atoms with Crippen LogP contribution in [-0.4, -0.2) is 162 Å². The first kappa shape index (κ1) is 64.1. The Hall–Kier alpha value is -8.08. The van der Waals surface area contributed by atoms with Crippen LogP contribution in [0.15, 0.2) is 61.7 Å². The highest BCUT2D eigenvalue weighted by Crippen LogP contribution is 2.46. The molecule has 2 saturated heterocycles. The van der Waals surface area contributed by atoms with Gasteiger partial charge in [0.1, 0.15) is 69.6 Å². The molecule has 8 rings (SSSR count). The number of esters is 2. The standard InChI is InChI=1S/C30H39N3O8.C23H30N2O7.C7H11NO2/c1-9-18-15-30(18,27(35)38-8)32-26(34)21-13-19(16-33(21)28(36)41-29(4,5)6)40-23-14-24(39-10-2)31-25-17(3)22(37-7)12-11-20(23)25;1-7-30-19-11-18(15-8-9-17(29-6)13(2)20(15)24-19)31-14-10-16(21(26)27)25(12-14)22(28)32-23(3,4)5;1-3-5-4-7(5,8)6(9)10-2/h9,11-12,14,18-19,21H,1,10,13,15-16H2,2-8H3,(H,32,34);8-9,11,14,16H,7,10,12H2,1-6H3,(H,26,27);3,5H,1,4,8H2,2H3/t18-,19-,21+,30-;14-,16+;5-,7-/m111/s1. The molecule has 0 unspecified atom stereocenters. The fourth-order valence-electron chi connectivity index (χ4n) is 9.96. The van der Waals surface area contributed by atoms with Gasteiger partial charge in [0.05, 0.1) is 65.8 Å². The third kappa shape index (κ3) is 14.8. The molecule has 2 aliphatic carbocycles. The molecule has 23 nitrogen and oxygen atoms in total. The SMILES string of the molecule is C=C[C@@H]1C[C@]1(N)C(=O)OC.C=C[C@@H]1C[C@]1(NC(=O)[C@@H]1C[C@@H](Oc2cc(OCC)nc3c(C)c(OC)ccc23)CN1C(=O)OC(C)(C)C)C(=O)OC.CCOc1cc(O[C@@H]2C[C@@H](C(=O)O)N(C(=O)OC(C)(C)C)C2)c2ccc(OC)c(C)c2n1. The molecule has 4 fully saturated rings. The van der Waals surface area contributed by atoms with E-state index in [1.54, 1.807) is 80.0 Å². The molecule has 23 heteroatoms. The average Bonchev–Trinajstić information content (AvgIpc) is 4.00. The van der Waals surface area contributed by atoms with E-state index in [1.807, 2.05) is 52.0 Å². The molecule has 0 bridgehead atoms. The van der Waals surface area contributed by atoms with Crippen molar-refractivity contribution in [3.63, 3.8) is 0 Å². The summed E-state index contributed by atoms with van der Waals surface area (Å²) in [6.45, 7) is 26.3. The van der Waals surface area contributed by atoms with Crippen molar-refractivity contribution in [2.24, 2.45) is 17.6 Å². The van der Waals surface area contributed by atoms with Crippen LogP contribution >= 0.6 is 0 Å². The number of amides is 3. The van der Waals surface area contributed by atoms with Crippen molar-refractivity contribution in [2.45, 2.75) is 141 Å². The zero-order chi connectivity index (χ0) is 61.5. The molecule has 452 valence electrons. The summed E-state index contributed by atoms with van der Waals surface area (Å²) in [6, 6.07) is 8.77. The fourth-order valence-corrected chi connectivity index (χ4v) is 9.96. The van der Waals surface area contributed by atoms with Crippen molar-refractivity contribution >= 4 is 57.8 Å². The molecule has 2 aromatic carbocycles. The third-order valence-electron chi connectivity index (χ3n) is 14.3. The number of hydrogen-bond acceptors (Lipinski definition) is 19. The maximum atomic E-state index is 13.6. The number of carbonyl (C=O) groups excluding carboxylic acids is 5. The Morgan fingerprint density at radius 3 is 1.47 bits per heavy atom. The average molecular weight is 1160 g/mol. The third-order valence-corrected chi connectivity index (χ3v) is 14.3. The van der Waals surface area contributed by atoms with E-state index in [1.165, 1.54) is 24.0 Å². The van der Waals surface area contributed by atoms with Crippen molar-refractivity contribution in [3.05, 3.63) is 72.8 Å². The van der Waals surface area contributed by atoms with E-state index in [-0.39, 0.29) is 43.7 Å². The first-order chi connectivity index (χ1) is 39.0. The second kappa shape index (κ2) is 26.0. The number of fused-ring (bicyclic) bond motifs is 2. The Balaban J connectivity index is 0.000000233. The molecule has 4 aliphatic rings. The molecule has 2 aromatic heterocycles. The Labute approximate surface area is 484 Å². The Bertz CT molecular complexity index is 3100. The largest absolute Gasteiger partial charge is 0.496 e. The zero-order valence-electron chi connectivity index (χ0n) is 50.0. The second-order valence-corrected chi connectivity index (χ2v) is 22.5. The number of likely N-dealkylation sites (tertiary alicyclic amines) is 2. The van der Waals surface area contributed by atoms with Crippen LogP contribution in [0.25, 0.3) is 21.8 Å². The van der Waals surface area contributed by atoms with Gasteiger partial charge in [-0.15, -0.1) is 13.2 Å². The van der Waals surface area contributed by atoms with Crippen molar-refractivity contribution < 1.29 is 81.2 Å². The summed E-state index contributed by atoms with van der Waals surface area (Å²) in [4.78, 5) is 86.5. The number of carbonyl (C=O) groups is 6. The van der Waals surface area contributed by atoms with Gasteiger partial charge in [-0.05, 0) is 106 Å². The molecular weight excluding hydrogens is 1080 g/mol. The van der Waals surface area contributed by atoms with E-state index in [9.17, 15) is 33.9 Å². The van der Waals surface area contributed by atoms with Crippen LogP contribution in [0.2, 0.25) is 0 Å². The fraction of sp³-hybridized carbons (Fsp3) is 0.533.